The second-order valence-electron chi connectivity index (χ2n) is 5.50. The van der Waals surface area contributed by atoms with Crippen molar-refractivity contribution in [2.75, 3.05) is 6.26 Å². The fourth-order valence-electron chi connectivity index (χ4n) is 2.33. The van der Waals surface area contributed by atoms with Crippen LogP contribution in [0, 0.1) is 10.1 Å². The Hall–Kier alpha value is -3.20. The molecule has 0 aliphatic rings. The molecule has 0 amide bonds. The Labute approximate surface area is 158 Å². The lowest BCUT2D eigenvalue weighted by Gasteiger charge is -2.11. The lowest BCUT2D eigenvalue weighted by molar-refractivity contribution is -0.384. The monoisotopic (exact) mass is 385 g/mol. The predicted octanol–water partition coefficient (Wildman–Crippen LogP) is 4.28. The van der Waals surface area contributed by atoms with Gasteiger partial charge in [0.2, 0.25) is 5.89 Å². The molecule has 8 nitrogen and oxygen atoms in total. The van der Waals surface area contributed by atoms with Crippen LogP contribution in [-0.2, 0) is 4.74 Å². The highest BCUT2D eigenvalue weighted by Gasteiger charge is 2.21. The number of aromatic nitrogens is 2. The van der Waals surface area contributed by atoms with Gasteiger partial charge in [0.15, 0.2) is 6.10 Å². The molecule has 0 saturated heterocycles. The SMILES string of the molecule is CSc1ccccc1C(=O)O[C@H](C)c1nnc(-c2ccc([N+](=O)[O-])cc2)o1. The lowest BCUT2D eigenvalue weighted by atomic mass is 10.2. The molecule has 0 aliphatic carbocycles. The van der Waals surface area contributed by atoms with E-state index in [2.05, 4.69) is 10.2 Å². The Balaban J connectivity index is 1.74. The number of non-ortho nitro benzene ring substituents is 1. The molecule has 0 N–H and O–H groups in total. The third-order valence-electron chi connectivity index (χ3n) is 3.72. The molecule has 0 unspecified atom stereocenters. The van der Waals surface area contributed by atoms with E-state index >= 15 is 0 Å². The molecular weight excluding hydrogens is 370 g/mol. The summed E-state index contributed by atoms with van der Waals surface area (Å²) in [7, 11) is 0. The van der Waals surface area contributed by atoms with Crippen molar-refractivity contribution in [1.82, 2.24) is 10.2 Å². The van der Waals surface area contributed by atoms with Crippen molar-refractivity contribution in [2.45, 2.75) is 17.9 Å². The lowest BCUT2D eigenvalue weighted by Crippen LogP contribution is -2.10. The molecule has 0 radical (unpaired) electrons. The second-order valence-corrected chi connectivity index (χ2v) is 6.35. The van der Waals surface area contributed by atoms with Crippen LogP contribution in [0.5, 0.6) is 0 Å². The van der Waals surface area contributed by atoms with Crippen LogP contribution in [0.15, 0.2) is 57.8 Å². The van der Waals surface area contributed by atoms with E-state index in [1.54, 1.807) is 19.1 Å². The number of hydrogen-bond donors (Lipinski definition) is 0. The van der Waals surface area contributed by atoms with Gasteiger partial charge in [-0.1, -0.05) is 12.1 Å². The first-order valence-electron chi connectivity index (χ1n) is 7.92. The number of esters is 1. The maximum Gasteiger partial charge on any atom is 0.340 e. The number of rotatable bonds is 6. The van der Waals surface area contributed by atoms with Crippen molar-refractivity contribution >= 4 is 23.4 Å². The van der Waals surface area contributed by atoms with Gasteiger partial charge in [0, 0.05) is 22.6 Å². The van der Waals surface area contributed by atoms with Gasteiger partial charge in [-0.3, -0.25) is 10.1 Å². The minimum absolute atomic E-state index is 0.0340. The zero-order chi connectivity index (χ0) is 19.4. The summed E-state index contributed by atoms with van der Waals surface area (Å²) < 4.78 is 11.0. The van der Waals surface area contributed by atoms with Crippen molar-refractivity contribution in [3.05, 3.63) is 70.1 Å². The van der Waals surface area contributed by atoms with E-state index in [0.717, 1.165) is 4.90 Å². The minimum Gasteiger partial charge on any atom is -0.449 e. The summed E-state index contributed by atoms with van der Waals surface area (Å²) in [5.41, 5.74) is 0.964. The first kappa shape index (κ1) is 18.6. The molecule has 0 bridgehead atoms. The molecule has 1 atom stereocenters. The first-order chi connectivity index (χ1) is 13.0. The maximum absolute atomic E-state index is 12.4. The number of nitro groups is 1. The molecule has 0 saturated carbocycles. The van der Waals surface area contributed by atoms with Crippen LogP contribution < -0.4 is 0 Å². The van der Waals surface area contributed by atoms with Crippen molar-refractivity contribution < 1.29 is 18.9 Å². The number of carbonyl (C=O) groups excluding carboxylic acids is 1. The van der Waals surface area contributed by atoms with Gasteiger partial charge >= 0.3 is 5.97 Å². The summed E-state index contributed by atoms with van der Waals surface area (Å²) in [5.74, 6) is -0.159. The summed E-state index contributed by atoms with van der Waals surface area (Å²) >= 11 is 1.45. The number of nitro benzene ring substituents is 1. The van der Waals surface area contributed by atoms with Crippen molar-refractivity contribution in [1.29, 1.82) is 0 Å². The first-order valence-corrected chi connectivity index (χ1v) is 9.14. The fraction of sp³-hybridized carbons (Fsp3) is 0.167. The molecule has 0 fully saturated rings. The fourth-order valence-corrected chi connectivity index (χ4v) is 2.91. The average Bonchev–Trinajstić information content (AvgIpc) is 3.18. The molecule has 3 rings (SSSR count). The highest BCUT2D eigenvalue weighted by molar-refractivity contribution is 7.98. The van der Waals surface area contributed by atoms with Gasteiger partial charge in [-0.25, -0.2) is 4.79 Å². The normalized spacial score (nSPS) is 11.8. The zero-order valence-electron chi connectivity index (χ0n) is 14.5. The van der Waals surface area contributed by atoms with Crippen LogP contribution in [-0.4, -0.2) is 27.3 Å². The van der Waals surface area contributed by atoms with Gasteiger partial charge in [0.05, 0.1) is 10.5 Å². The second kappa shape index (κ2) is 8.00. The number of benzene rings is 2. The number of ether oxygens (including phenoxy) is 1. The maximum atomic E-state index is 12.4. The van der Waals surface area contributed by atoms with Crippen LogP contribution >= 0.6 is 11.8 Å². The van der Waals surface area contributed by atoms with Crippen LogP contribution in [0.1, 0.15) is 29.3 Å². The van der Waals surface area contributed by atoms with Crippen LogP contribution in [0.3, 0.4) is 0 Å². The number of carbonyl (C=O) groups is 1. The summed E-state index contributed by atoms with van der Waals surface area (Å²) in [6.07, 6.45) is 1.14. The van der Waals surface area contributed by atoms with E-state index in [9.17, 15) is 14.9 Å². The van der Waals surface area contributed by atoms with Gasteiger partial charge in [-0.15, -0.1) is 22.0 Å². The third-order valence-corrected chi connectivity index (χ3v) is 4.52. The van der Waals surface area contributed by atoms with Gasteiger partial charge in [0.1, 0.15) is 0 Å². The summed E-state index contributed by atoms with van der Waals surface area (Å²) in [5, 5.41) is 18.5. The molecule has 0 aliphatic heterocycles. The number of thioether (sulfide) groups is 1. The molecule has 3 aromatic rings. The van der Waals surface area contributed by atoms with E-state index in [4.69, 9.17) is 9.15 Å². The molecule has 9 heteroatoms. The van der Waals surface area contributed by atoms with Crippen molar-refractivity contribution in [2.24, 2.45) is 0 Å². The van der Waals surface area contributed by atoms with Crippen LogP contribution in [0.2, 0.25) is 0 Å². The Morgan fingerprint density at radius 3 is 2.56 bits per heavy atom. The van der Waals surface area contributed by atoms with E-state index in [1.165, 1.54) is 36.0 Å². The van der Waals surface area contributed by atoms with Gasteiger partial charge in [-0.2, -0.15) is 0 Å². The summed E-state index contributed by atoms with van der Waals surface area (Å²) in [6, 6.07) is 12.9. The van der Waals surface area contributed by atoms with Gasteiger partial charge in [-0.05, 0) is 37.4 Å². The quantitative estimate of drug-likeness (QED) is 0.268. The highest BCUT2D eigenvalue weighted by Crippen LogP contribution is 2.26. The highest BCUT2D eigenvalue weighted by atomic mass is 32.2. The molecule has 138 valence electrons. The molecule has 27 heavy (non-hydrogen) atoms. The van der Waals surface area contributed by atoms with E-state index < -0.39 is 17.0 Å². The van der Waals surface area contributed by atoms with Gasteiger partial charge < -0.3 is 9.15 Å². The smallest absolute Gasteiger partial charge is 0.340 e. The molecular formula is C18H15N3O5S. The Bertz CT molecular complexity index is 971. The van der Waals surface area contributed by atoms with Crippen molar-refractivity contribution in [3.63, 3.8) is 0 Å². The van der Waals surface area contributed by atoms with Crippen LogP contribution in [0.4, 0.5) is 5.69 Å². The largest absolute Gasteiger partial charge is 0.449 e. The Morgan fingerprint density at radius 1 is 1.19 bits per heavy atom. The zero-order valence-corrected chi connectivity index (χ0v) is 15.3. The van der Waals surface area contributed by atoms with E-state index in [0.29, 0.717) is 11.1 Å². The topological polar surface area (TPSA) is 108 Å². The number of nitrogens with zero attached hydrogens (tertiary/aromatic N) is 3. The molecule has 2 aromatic carbocycles. The Kier molecular flexibility index (Phi) is 5.51. The average molecular weight is 385 g/mol. The summed E-state index contributed by atoms with van der Waals surface area (Å²) in [4.78, 5) is 23.4. The predicted molar refractivity (Wildman–Crippen MR) is 98.4 cm³/mol. The summed E-state index contributed by atoms with van der Waals surface area (Å²) in [6.45, 7) is 1.63. The van der Waals surface area contributed by atoms with E-state index in [1.807, 2.05) is 18.4 Å². The minimum atomic E-state index is -0.744. The molecule has 0 spiro atoms. The van der Waals surface area contributed by atoms with Crippen molar-refractivity contribution in [3.8, 4) is 11.5 Å². The molecule has 1 heterocycles. The van der Waals surface area contributed by atoms with E-state index in [-0.39, 0.29) is 17.5 Å². The van der Waals surface area contributed by atoms with Crippen LogP contribution in [0.25, 0.3) is 11.5 Å². The number of hydrogen-bond acceptors (Lipinski definition) is 8. The standard InChI is InChI=1S/C18H15N3O5S/c1-11(25-18(22)14-5-3-4-6-15(14)27-2)16-19-20-17(26-16)12-7-9-13(10-8-12)21(23)24/h3-11H,1-2H3/t11-/m1/s1. The molecule has 1 aromatic heterocycles. The Morgan fingerprint density at radius 2 is 1.89 bits per heavy atom. The van der Waals surface area contributed by atoms with Gasteiger partial charge in [0.25, 0.3) is 11.6 Å². The third kappa shape index (κ3) is 4.14.